The lowest BCUT2D eigenvalue weighted by atomic mass is 10.00. The fourth-order valence-electron chi connectivity index (χ4n) is 4.06. The normalized spacial score (nSPS) is 15.8. The standard InChI is InChI=1S/C24H25ClFN5O2/c1-15-22-24(30-29-15)27-20-14-21(33-10-4-7-31-8-11-32-12-9-31)19(26)13-17(20)23(28-22)16-5-2-3-6-18(16)25/h2-3,5-6,13-14H,4,7-12H2,1H3,(H2,27,29,30). The van der Waals surface area contributed by atoms with Crippen LogP contribution in [0.2, 0.25) is 5.02 Å². The van der Waals surface area contributed by atoms with E-state index < -0.39 is 5.82 Å². The first-order valence-corrected chi connectivity index (χ1v) is 11.4. The maximum Gasteiger partial charge on any atom is 0.178 e. The Kier molecular flexibility index (Phi) is 6.30. The van der Waals surface area contributed by atoms with Gasteiger partial charge in [-0.25, -0.2) is 9.38 Å². The first-order valence-electron chi connectivity index (χ1n) is 11.0. The Balaban J connectivity index is 1.43. The van der Waals surface area contributed by atoms with Crippen LogP contribution in [0, 0.1) is 12.7 Å². The van der Waals surface area contributed by atoms with Crippen LogP contribution in [0.4, 0.5) is 21.6 Å². The van der Waals surface area contributed by atoms with Crippen LogP contribution in [-0.4, -0.2) is 60.3 Å². The van der Waals surface area contributed by atoms with Gasteiger partial charge >= 0.3 is 0 Å². The number of aliphatic imine (C=N–C) groups is 1. The van der Waals surface area contributed by atoms with Gasteiger partial charge in [-0.1, -0.05) is 29.8 Å². The predicted molar refractivity (Wildman–Crippen MR) is 127 cm³/mol. The highest BCUT2D eigenvalue weighted by Crippen LogP contribution is 2.39. The smallest absolute Gasteiger partial charge is 0.178 e. The highest BCUT2D eigenvalue weighted by atomic mass is 35.5. The average molecular weight is 470 g/mol. The molecule has 2 aliphatic heterocycles. The fourth-order valence-corrected chi connectivity index (χ4v) is 4.29. The number of aromatic nitrogens is 2. The van der Waals surface area contributed by atoms with Gasteiger partial charge in [0.1, 0.15) is 5.69 Å². The van der Waals surface area contributed by atoms with Crippen molar-refractivity contribution in [2.45, 2.75) is 13.3 Å². The monoisotopic (exact) mass is 469 g/mol. The number of benzene rings is 2. The van der Waals surface area contributed by atoms with Crippen molar-refractivity contribution in [3.63, 3.8) is 0 Å². The van der Waals surface area contributed by atoms with Crippen LogP contribution in [0.1, 0.15) is 23.2 Å². The number of nitrogens with one attached hydrogen (secondary N) is 2. The number of nitrogens with zero attached hydrogens (tertiary/aromatic N) is 3. The van der Waals surface area contributed by atoms with E-state index in [1.807, 2.05) is 25.1 Å². The lowest BCUT2D eigenvalue weighted by Gasteiger charge is -2.26. The number of anilines is 2. The number of halogens is 2. The number of hydrogen-bond acceptors (Lipinski definition) is 6. The summed E-state index contributed by atoms with van der Waals surface area (Å²) in [7, 11) is 0. The number of ether oxygens (including phenoxy) is 2. The summed E-state index contributed by atoms with van der Waals surface area (Å²) in [6.07, 6.45) is 0.805. The zero-order valence-electron chi connectivity index (χ0n) is 18.3. The minimum Gasteiger partial charge on any atom is -0.490 e. The summed E-state index contributed by atoms with van der Waals surface area (Å²) in [5.41, 5.74) is 4.00. The van der Waals surface area contributed by atoms with Gasteiger partial charge < -0.3 is 14.8 Å². The van der Waals surface area contributed by atoms with Crippen molar-refractivity contribution >= 4 is 34.5 Å². The first-order chi connectivity index (χ1) is 16.1. The van der Waals surface area contributed by atoms with E-state index in [1.54, 1.807) is 12.1 Å². The van der Waals surface area contributed by atoms with Crippen molar-refractivity contribution in [2.75, 3.05) is 44.8 Å². The molecule has 2 N–H and O–H groups in total. The van der Waals surface area contributed by atoms with E-state index in [4.69, 9.17) is 26.1 Å². The quantitative estimate of drug-likeness (QED) is 0.395. The Morgan fingerprint density at radius 1 is 1.18 bits per heavy atom. The van der Waals surface area contributed by atoms with Crippen LogP contribution in [0.25, 0.3) is 0 Å². The Morgan fingerprint density at radius 2 is 2.00 bits per heavy atom. The molecule has 33 heavy (non-hydrogen) atoms. The van der Waals surface area contributed by atoms with E-state index in [1.165, 1.54) is 6.07 Å². The Hall–Kier alpha value is -2.94. The number of rotatable bonds is 6. The molecular formula is C24H25ClFN5O2. The average Bonchev–Trinajstić information content (AvgIpc) is 3.08. The molecule has 0 amide bonds. The molecule has 2 aliphatic rings. The van der Waals surface area contributed by atoms with Crippen molar-refractivity contribution in [2.24, 2.45) is 4.99 Å². The molecule has 1 aromatic heterocycles. The Labute approximate surface area is 196 Å². The molecule has 0 spiro atoms. The SMILES string of the molecule is Cc1[nH]nc2c1N=C(c1ccccc1Cl)c1cc(F)c(OCCCN3CCOCC3)cc1N2. The molecule has 3 heterocycles. The summed E-state index contributed by atoms with van der Waals surface area (Å²) >= 11 is 6.48. The number of aromatic amines is 1. The lowest BCUT2D eigenvalue weighted by molar-refractivity contribution is 0.0357. The van der Waals surface area contributed by atoms with Crippen LogP contribution >= 0.6 is 11.6 Å². The van der Waals surface area contributed by atoms with Crippen LogP contribution in [0.3, 0.4) is 0 Å². The molecule has 0 radical (unpaired) electrons. The van der Waals surface area contributed by atoms with Gasteiger partial charge in [-0.15, -0.1) is 0 Å². The summed E-state index contributed by atoms with van der Waals surface area (Å²) in [6.45, 7) is 6.57. The Morgan fingerprint density at radius 3 is 2.82 bits per heavy atom. The summed E-state index contributed by atoms with van der Waals surface area (Å²) in [5, 5.41) is 11.1. The summed E-state index contributed by atoms with van der Waals surface area (Å²) in [6, 6.07) is 10.5. The van der Waals surface area contributed by atoms with Crippen LogP contribution in [0.5, 0.6) is 5.75 Å². The summed E-state index contributed by atoms with van der Waals surface area (Å²) < 4.78 is 26.3. The van der Waals surface area contributed by atoms with Gasteiger partial charge in [0.25, 0.3) is 0 Å². The molecule has 1 fully saturated rings. The van der Waals surface area contributed by atoms with Crippen LogP contribution < -0.4 is 10.1 Å². The molecule has 0 bridgehead atoms. The molecule has 0 aliphatic carbocycles. The number of hydrogen-bond donors (Lipinski definition) is 2. The van der Waals surface area contributed by atoms with Gasteiger partial charge in [-0.2, -0.15) is 5.10 Å². The zero-order chi connectivity index (χ0) is 22.8. The summed E-state index contributed by atoms with van der Waals surface area (Å²) in [5.74, 6) is 0.317. The van der Waals surface area contributed by atoms with Gasteiger partial charge in [0.05, 0.1) is 36.9 Å². The van der Waals surface area contributed by atoms with Crippen molar-refractivity contribution in [1.29, 1.82) is 0 Å². The van der Waals surface area contributed by atoms with Gasteiger partial charge in [0.2, 0.25) is 0 Å². The van der Waals surface area contributed by atoms with E-state index in [2.05, 4.69) is 20.4 Å². The van der Waals surface area contributed by atoms with E-state index >= 15 is 4.39 Å². The predicted octanol–water partition coefficient (Wildman–Crippen LogP) is 4.84. The molecule has 172 valence electrons. The van der Waals surface area contributed by atoms with E-state index in [-0.39, 0.29) is 5.75 Å². The minimum atomic E-state index is -0.445. The highest BCUT2D eigenvalue weighted by molar-refractivity contribution is 6.36. The number of fused-ring (bicyclic) bond motifs is 2. The van der Waals surface area contributed by atoms with E-state index in [0.717, 1.165) is 45.0 Å². The molecule has 7 nitrogen and oxygen atoms in total. The molecule has 0 unspecified atom stereocenters. The number of H-pyrrole nitrogens is 1. The molecule has 0 atom stereocenters. The molecule has 0 saturated carbocycles. The Bertz CT molecular complexity index is 1190. The second-order valence-electron chi connectivity index (χ2n) is 8.10. The molecule has 3 aromatic rings. The van der Waals surface area contributed by atoms with Crippen LogP contribution in [0.15, 0.2) is 41.4 Å². The topological polar surface area (TPSA) is 74.8 Å². The molecule has 9 heteroatoms. The van der Waals surface area contributed by atoms with Crippen molar-refractivity contribution < 1.29 is 13.9 Å². The molecule has 2 aromatic carbocycles. The van der Waals surface area contributed by atoms with Gasteiger partial charge in [-0.05, 0) is 25.5 Å². The third kappa shape index (κ3) is 4.59. The van der Waals surface area contributed by atoms with E-state index in [9.17, 15) is 0 Å². The first kappa shape index (κ1) is 21.9. The lowest BCUT2D eigenvalue weighted by Crippen LogP contribution is -2.37. The molecule has 1 saturated heterocycles. The van der Waals surface area contributed by atoms with E-state index in [0.29, 0.717) is 45.7 Å². The minimum absolute atomic E-state index is 0.192. The molecule has 5 rings (SSSR count). The van der Waals surface area contributed by atoms with Gasteiger partial charge in [-0.3, -0.25) is 10.00 Å². The highest BCUT2D eigenvalue weighted by Gasteiger charge is 2.24. The van der Waals surface area contributed by atoms with Crippen LogP contribution in [-0.2, 0) is 4.74 Å². The second-order valence-corrected chi connectivity index (χ2v) is 8.50. The van der Waals surface area contributed by atoms with Gasteiger partial charge in [0.15, 0.2) is 17.4 Å². The maximum atomic E-state index is 15.1. The summed E-state index contributed by atoms with van der Waals surface area (Å²) in [4.78, 5) is 7.15. The third-order valence-electron chi connectivity index (χ3n) is 5.83. The van der Waals surface area contributed by atoms with Crippen molar-refractivity contribution in [3.8, 4) is 5.75 Å². The third-order valence-corrected chi connectivity index (χ3v) is 6.16. The number of morpholine rings is 1. The number of aryl methyl sites for hydroxylation is 1. The fraction of sp³-hybridized carbons (Fsp3) is 0.333. The largest absolute Gasteiger partial charge is 0.490 e. The van der Waals surface area contributed by atoms with Crippen molar-refractivity contribution in [3.05, 3.63) is 64.1 Å². The van der Waals surface area contributed by atoms with Gasteiger partial charge in [0, 0.05) is 41.9 Å². The van der Waals surface area contributed by atoms with Crippen molar-refractivity contribution in [1.82, 2.24) is 15.1 Å². The molecular weight excluding hydrogens is 445 g/mol. The maximum absolute atomic E-state index is 15.1. The zero-order valence-corrected chi connectivity index (χ0v) is 19.1. The second kappa shape index (κ2) is 9.51.